The number of nitrogens with zero attached hydrogens (tertiary/aromatic N) is 1. The van der Waals surface area contributed by atoms with E-state index in [1.54, 1.807) is 17.5 Å². The molecular weight excluding hydrogens is 268 g/mol. The average molecular weight is 286 g/mol. The van der Waals surface area contributed by atoms with Crippen LogP contribution in [0.5, 0.6) is 0 Å². The van der Waals surface area contributed by atoms with Crippen LogP contribution in [0.1, 0.15) is 29.8 Å². The molecule has 20 heavy (non-hydrogen) atoms. The molecule has 0 saturated heterocycles. The number of rotatable bonds is 6. The van der Waals surface area contributed by atoms with Crippen LogP contribution in [0.4, 0.5) is 0 Å². The normalized spacial score (nSPS) is 15.8. The number of aryl methyl sites for hydroxylation is 1. The molecule has 1 saturated carbocycles. The van der Waals surface area contributed by atoms with E-state index in [9.17, 15) is 4.79 Å². The number of thiazole rings is 1. The predicted octanol–water partition coefficient (Wildman–Crippen LogP) is 2.92. The molecule has 1 N–H and O–H groups in total. The summed E-state index contributed by atoms with van der Waals surface area (Å²) in [4.78, 5) is 16.1. The van der Waals surface area contributed by atoms with Gasteiger partial charge in [-0.2, -0.15) is 0 Å². The zero-order valence-electron chi connectivity index (χ0n) is 11.3. The summed E-state index contributed by atoms with van der Waals surface area (Å²) in [5.41, 5.74) is 1.54. The number of aromatic nitrogens is 1. The molecule has 1 aromatic carbocycles. The highest BCUT2D eigenvalue weighted by Crippen LogP contribution is 2.47. The van der Waals surface area contributed by atoms with Gasteiger partial charge in [-0.25, -0.2) is 4.98 Å². The molecule has 1 heterocycles. The third-order valence-electron chi connectivity index (χ3n) is 3.91. The van der Waals surface area contributed by atoms with E-state index >= 15 is 0 Å². The first-order valence-electron chi connectivity index (χ1n) is 6.99. The van der Waals surface area contributed by atoms with Gasteiger partial charge in [0.2, 0.25) is 5.91 Å². The third-order valence-corrected chi connectivity index (χ3v) is 4.75. The maximum absolute atomic E-state index is 11.9. The molecule has 1 aliphatic carbocycles. The van der Waals surface area contributed by atoms with Gasteiger partial charge >= 0.3 is 0 Å². The lowest BCUT2D eigenvalue weighted by Crippen LogP contribution is -2.32. The van der Waals surface area contributed by atoms with Crippen molar-refractivity contribution in [3.8, 4) is 0 Å². The predicted molar refractivity (Wildman–Crippen MR) is 80.8 cm³/mol. The van der Waals surface area contributed by atoms with E-state index in [4.69, 9.17) is 0 Å². The van der Waals surface area contributed by atoms with Crippen LogP contribution >= 0.6 is 11.3 Å². The van der Waals surface area contributed by atoms with Crippen LogP contribution in [0.2, 0.25) is 0 Å². The Labute approximate surface area is 123 Å². The van der Waals surface area contributed by atoms with Crippen LogP contribution in [0.25, 0.3) is 0 Å². The highest BCUT2D eigenvalue weighted by molar-refractivity contribution is 7.09. The summed E-state index contributed by atoms with van der Waals surface area (Å²) >= 11 is 1.61. The minimum Gasteiger partial charge on any atom is -0.355 e. The van der Waals surface area contributed by atoms with Crippen molar-refractivity contribution in [3.63, 3.8) is 0 Å². The second-order valence-electron chi connectivity index (χ2n) is 5.35. The molecule has 0 unspecified atom stereocenters. The lowest BCUT2D eigenvalue weighted by atomic mass is 9.96. The van der Waals surface area contributed by atoms with E-state index < -0.39 is 0 Å². The molecule has 0 aliphatic heterocycles. The largest absolute Gasteiger partial charge is 0.355 e. The number of carbonyl (C=O) groups is 1. The highest BCUT2D eigenvalue weighted by Gasteiger charge is 2.44. The molecule has 0 radical (unpaired) electrons. The lowest BCUT2D eigenvalue weighted by molar-refractivity contribution is -0.121. The van der Waals surface area contributed by atoms with E-state index in [2.05, 4.69) is 34.6 Å². The maximum atomic E-state index is 11.9. The number of amides is 1. The van der Waals surface area contributed by atoms with Crippen molar-refractivity contribution in [2.75, 3.05) is 6.54 Å². The molecule has 3 nitrogen and oxygen atoms in total. The van der Waals surface area contributed by atoms with Gasteiger partial charge in [0.15, 0.2) is 0 Å². The fourth-order valence-corrected chi connectivity index (χ4v) is 3.08. The molecule has 3 rings (SSSR count). The molecular formula is C16H18N2OS. The van der Waals surface area contributed by atoms with Crippen LogP contribution in [0.15, 0.2) is 41.9 Å². The topological polar surface area (TPSA) is 42.0 Å². The van der Waals surface area contributed by atoms with Crippen molar-refractivity contribution < 1.29 is 4.79 Å². The number of nitrogens with one attached hydrogen (secondary N) is 1. The maximum Gasteiger partial charge on any atom is 0.220 e. The lowest BCUT2D eigenvalue weighted by Gasteiger charge is -2.16. The highest BCUT2D eigenvalue weighted by atomic mass is 32.1. The summed E-state index contributed by atoms with van der Waals surface area (Å²) in [6.07, 6.45) is 5.39. The molecule has 0 atom stereocenters. The molecule has 1 fully saturated rings. The Balaban J connectivity index is 1.48. The number of benzene rings is 1. The van der Waals surface area contributed by atoms with E-state index in [1.807, 2.05) is 11.4 Å². The van der Waals surface area contributed by atoms with Gasteiger partial charge in [-0.05, 0) is 18.4 Å². The summed E-state index contributed by atoms with van der Waals surface area (Å²) in [5.74, 6) is 0.127. The Kier molecular flexibility index (Phi) is 3.83. The first-order valence-corrected chi connectivity index (χ1v) is 7.87. The molecule has 2 aromatic rings. The molecule has 1 aliphatic rings. The number of hydrogen-bond donors (Lipinski definition) is 1. The SMILES string of the molecule is O=C(CCc1nccs1)NCC1(c2ccccc2)CC1. The molecule has 0 spiro atoms. The summed E-state index contributed by atoms with van der Waals surface area (Å²) in [5, 5.41) is 6.06. The summed E-state index contributed by atoms with van der Waals surface area (Å²) in [6, 6.07) is 10.5. The van der Waals surface area contributed by atoms with Crippen molar-refractivity contribution in [3.05, 3.63) is 52.5 Å². The Morgan fingerprint density at radius 1 is 1.30 bits per heavy atom. The Morgan fingerprint density at radius 2 is 2.10 bits per heavy atom. The van der Waals surface area contributed by atoms with Gasteiger partial charge in [0, 0.05) is 36.4 Å². The van der Waals surface area contributed by atoms with Gasteiger partial charge in [-0.3, -0.25) is 4.79 Å². The van der Waals surface area contributed by atoms with E-state index in [0.717, 1.165) is 18.0 Å². The van der Waals surface area contributed by atoms with Crippen LogP contribution in [0.3, 0.4) is 0 Å². The van der Waals surface area contributed by atoms with Gasteiger partial charge < -0.3 is 5.32 Å². The summed E-state index contributed by atoms with van der Waals surface area (Å²) in [6.45, 7) is 0.758. The van der Waals surface area contributed by atoms with Crippen molar-refractivity contribution in [2.24, 2.45) is 0 Å². The van der Waals surface area contributed by atoms with Crippen molar-refractivity contribution in [1.82, 2.24) is 10.3 Å². The fourth-order valence-electron chi connectivity index (χ4n) is 2.46. The standard InChI is InChI=1S/C16H18N2OS/c19-14(6-7-15-17-10-11-20-15)18-12-16(8-9-16)13-4-2-1-3-5-13/h1-5,10-11H,6-9,12H2,(H,18,19). The molecule has 0 bridgehead atoms. The Hall–Kier alpha value is -1.68. The van der Waals surface area contributed by atoms with Gasteiger partial charge in [-0.1, -0.05) is 30.3 Å². The van der Waals surface area contributed by atoms with E-state index in [-0.39, 0.29) is 11.3 Å². The van der Waals surface area contributed by atoms with Crippen molar-refractivity contribution >= 4 is 17.2 Å². The van der Waals surface area contributed by atoms with Crippen LogP contribution in [0, 0.1) is 0 Å². The van der Waals surface area contributed by atoms with Crippen molar-refractivity contribution in [1.29, 1.82) is 0 Å². The first-order chi connectivity index (χ1) is 9.78. The number of hydrogen-bond acceptors (Lipinski definition) is 3. The molecule has 1 aromatic heterocycles. The smallest absolute Gasteiger partial charge is 0.220 e. The third kappa shape index (κ3) is 3.07. The summed E-state index contributed by atoms with van der Waals surface area (Å²) < 4.78 is 0. The number of carbonyl (C=O) groups excluding carboxylic acids is 1. The van der Waals surface area contributed by atoms with Crippen LogP contribution in [-0.2, 0) is 16.6 Å². The summed E-state index contributed by atoms with van der Waals surface area (Å²) in [7, 11) is 0. The monoisotopic (exact) mass is 286 g/mol. The minimum atomic E-state index is 0.127. The van der Waals surface area contributed by atoms with Crippen LogP contribution < -0.4 is 5.32 Å². The van der Waals surface area contributed by atoms with E-state index in [1.165, 1.54) is 18.4 Å². The van der Waals surface area contributed by atoms with Gasteiger partial charge in [0.1, 0.15) is 0 Å². The van der Waals surface area contributed by atoms with Gasteiger partial charge in [-0.15, -0.1) is 11.3 Å². The van der Waals surface area contributed by atoms with Gasteiger partial charge in [0.25, 0.3) is 0 Å². The van der Waals surface area contributed by atoms with Gasteiger partial charge in [0.05, 0.1) is 5.01 Å². The molecule has 104 valence electrons. The van der Waals surface area contributed by atoms with Crippen molar-refractivity contribution in [2.45, 2.75) is 31.1 Å². The van der Waals surface area contributed by atoms with Crippen LogP contribution in [-0.4, -0.2) is 17.4 Å². The molecule has 1 amide bonds. The zero-order chi connectivity index (χ0) is 13.8. The first kappa shape index (κ1) is 13.3. The minimum absolute atomic E-state index is 0.127. The quantitative estimate of drug-likeness (QED) is 0.887. The second kappa shape index (κ2) is 5.75. The average Bonchev–Trinajstić information content (AvgIpc) is 3.11. The second-order valence-corrected chi connectivity index (χ2v) is 6.33. The fraction of sp³-hybridized carbons (Fsp3) is 0.375. The Morgan fingerprint density at radius 3 is 2.75 bits per heavy atom. The zero-order valence-corrected chi connectivity index (χ0v) is 12.2. The molecule has 4 heteroatoms. The Bertz CT molecular complexity index is 561. The van der Waals surface area contributed by atoms with E-state index in [0.29, 0.717) is 6.42 Å².